The molecule has 0 fully saturated rings. The molecule has 0 aromatic heterocycles. The molecule has 80 valence electrons. The van der Waals surface area contributed by atoms with Crippen molar-refractivity contribution in [3.63, 3.8) is 0 Å². The third-order valence-electron chi connectivity index (χ3n) is 2.52. The minimum Gasteiger partial charge on any atom is -0.588 e. The molecule has 0 saturated carbocycles. The van der Waals surface area contributed by atoms with Crippen molar-refractivity contribution < 1.29 is 65.6 Å². The van der Waals surface area contributed by atoms with Crippen molar-refractivity contribution in [1.82, 2.24) is 0 Å². The summed E-state index contributed by atoms with van der Waals surface area (Å²) in [6.07, 6.45) is 0. The Morgan fingerprint density at radius 2 is 1.81 bits per heavy atom. The largest absolute Gasteiger partial charge is 1.00 e. The van der Waals surface area contributed by atoms with E-state index < -0.39 is 19.0 Å². The molecule has 5 heteroatoms. The van der Waals surface area contributed by atoms with Crippen LogP contribution in [0.5, 0.6) is 0 Å². The van der Waals surface area contributed by atoms with Crippen LogP contribution in [0.25, 0.3) is 0 Å². The number of benzene rings is 1. The molecule has 0 aliphatic rings. The quantitative estimate of drug-likeness (QED) is 0.514. The second kappa shape index (κ2) is 6.50. The fraction of sp³-hybridized carbons (Fsp3) is 0.364. The van der Waals surface area contributed by atoms with Gasteiger partial charge in [-0.15, -0.1) is 0 Å². The summed E-state index contributed by atoms with van der Waals surface area (Å²) in [5.74, 6) is 0. The van der Waals surface area contributed by atoms with E-state index in [1.165, 1.54) is 0 Å². The van der Waals surface area contributed by atoms with Gasteiger partial charge in [-0.3, -0.25) is 0 Å². The first-order valence-electron chi connectivity index (χ1n) is 4.62. The van der Waals surface area contributed by atoms with Gasteiger partial charge in [0.05, 0.1) is 5.41 Å². The van der Waals surface area contributed by atoms with Crippen molar-refractivity contribution in [2.24, 2.45) is 0 Å². The Morgan fingerprint density at radius 1 is 1.31 bits per heavy atom. The zero-order chi connectivity index (χ0) is 11.6. The van der Waals surface area contributed by atoms with Gasteiger partial charge in [-0.1, -0.05) is 28.8 Å². The Balaban J connectivity index is 0.00000225. The second-order valence-electron chi connectivity index (χ2n) is 4.00. The van der Waals surface area contributed by atoms with Crippen LogP contribution in [0.2, 0.25) is 0 Å². The average Bonchev–Trinajstić information content (AvgIpc) is 2.16. The molecule has 1 atom stereocenters. The maximum absolute atomic E-state index is 11.5. The van der Waals surface area contributed by atoms with Crippen LogP contribution >= 0.6 is 8.03 Å². The van der Waals surface area contributed by atoms with Crippen LogP contribution in [-0.4, -0.2) is 5.52 Å². The Bertz CT molecular complexity index is 415. The first-order valence-corrected chi connectivity index (χ1v) is 5.80. The molecule has 0 N–H and O–H groups in total. The fourth-order valence-electron chi connectivity index (χ4n) is 1.62. The smallest absolute Gasteiger partial charge is 0.588 e. The summed E-state index contributed by atoms with van der Waals surface area (Å²) in [5.41, 5.74) is -0.0331. The number of aryl methyl sites for hydroxylation is 1. The predicted octanol–water partition coefficient (Wildman–Crippen LogP) is -1.09. The second-order valence-corrected chi connectivity index (χ2v) is 4.92. The van der Waals surface area contributed by atoms with E-state index >= 15 is 0 Å². The molecular formula is C11H13KO3P+. The summed E-state index contributed by atoms with van der Waals surface area (Å²) in [6.45, 7) is 5.12. The van der Waals surface area contributed by atoms with E-state index in [-0.39, 0.29) is 51.4 Å². The first kappa shape index (κ1) is 16.6. The van der Waals surface area contributed by atoms with E-state index in [0.717, 1.165) is 11.1 Å². The summed E-state index contributed by atoms with van der Waals surface area (Å²) in [6, 6.07) is 7.31. The molecule has 1 unspecified atom stereocenters. The van der Waals surface area contributed by atoms with Gasteiger partial charge in [-0.25, -0.2) is 4.79 Å². The number of hydrogen-bond acceptors (Lipinski definition) is 3. The molecule has 0 amide bonds. The van der Waals surface area contributed by atoms with Gasteiger partial charge in [-0.05, 0) is 31.9 Å². The van der Waals surface area contributed by atoms with Gasteiger partial charge in [0, 0.05) is 0 Å². The van der Waals surface area contributed by atoms with Crippen LogP contribution < -0.4 is 56.3 Å². The zero-order valence-corrected chi connectivity index (χ0v) is 14.0. The van der Waals surface area contributed by atoms with Crippen molar-refractivity contribution in [2.75, 3.05) is 0 Å². The minimum atomic E-state index is -3.02. The molecule has 0 aliphatic heterocycles. The molecule has 0 saturated heterocycles. The van der Waals surface area contributed by atoms with E-state index in [4.69, 9.17) is 0 Å². The van der Waals surface area contributed by atoms with E-state index in [2.05, 4.69) is 0 Å². The van der Waals surface area contributed by atoms with E-state index in [9.17, 15) is 14.3 Å². The minimum absolute atomic E-state index is 0. The Hall–Kier alpha value is 0.586. The molecule has 0 spiro atoms. The van der Waals surface area contributed by atoms with Gasteiger partial charge in [0.25, 0.3) is 0 Å². The molecule has 1 aromatic rings. The zero-order valence-electron chi connectivity index (χ0n) is 9.98. The van der Waals surface area contributed by atoms with E-state index in [0.29, 0.717) is 0 Å². The standard InChI is InChI=1S/C11H13O3P.K/c1-8-6-4-5-7-9(8)11(2,3)10(12)15(13)14;/h4-7H,1-3H3;/q;+1. The molecule has 0 bridgehead atoms. The maximum Gasteiger partial charge on any atom is 1.00 e. The van der Waals surface area contributed by atoms with Crippen LogP contribution in [0.15, 0.2) is 24.3 Å². The average molecular weight is 263 g/mol. The van der Waals surface area contributed by atoms with Gasteiger partial charge < -0.3 is 4.89 Å². The van der Waals surface area contributed by atoms with Crippen molar-refractivity contribution >= 4 is 13.6 Å². The maximum atomic E-state index is 11.5. The molecule has 1 rings (SSSR count). The topological polar surface area (TPSA) is 57.2 Å². The molecule has 0 aliphatic carbocycles. The summed E-state index contributed by atoms with van der Waals surface area (Å²) in [5, 5.41) is 0. The van der Waals surface area contributed by atoms with Crippen LogP contribution in [0.1, 0.15) is 25.0 Å². The molecular weight excluding hydrogens is 250 g/mol. The number of rotatable bonds is 3. The molecule has 0 heterocycles. The van der Waals surface area contributed by atoms with E-state index in [1.807, 2.05) is 19.1 Å². The Labute approximate surface area is 139 Å². The van der Waals surface area contributed by atoms with Gasteiger partial charge in [0.1, 0.15) is 0 Å². The number of hydrogen-bond donors (Lipinski definition) is 0. The summed E-state index contributed by atoms with van der Waals surface area (Å²) in [4.78, 5) is 22.2. The van der Waals surface area contributed by atoms with Gasteiger partial charge in [0.15, 0.2) is 0 Å². The summed E-state index contributed by atoms with van der Waals surface area (Å²) < 4.78 is 10.7. The van der Waals surface area contributed by atoms with Gasteiger partial charge in [0.2, 0.25) is 0 Å². The number of carbonyl (C=O) groups is 1. The Morgan fingerprint density at radius 3 is 2.25 bits per heavy atom. The van der Waals surface area contributed by atoms with Crippen LogP contribution in [0.4, 0.5) is 0 Å². The van der Waals surface area contributed by atoms with Gasteiger partial charge >= 0.3 is 64.9 Å². The molecule has 3 nitrogen and oxygen atoms in total. The SMILES string of the molecule is Cc1ccccc1C(C)(C)C(=O)[P+](=O)[O-].[K+]. The van der Waals surface area contributed by atoms with Crippen molar-refractivity contribution in [3.05, 3.63) is 35.4 Å². The third kappa shape index (κ3) is 3.54. The summed E-state index contributed by atoms with van der Waals surface area (Å²) in [7, 11) is -3.02. The molecule has 1 aromatic carbocycles. The van der Waals surface area contributed by atoms with Gasteiger partial charge in [-0.2, -0.15) is 0 Å². The number of carbonyl (C=O) groups excluding carboxylic acids is 1. The van der Waals surface area contributed by atoms with Crippen LogP contribution in [0, 0.1) is 6.92 Å². The first-order chi connectivity index (χ1) is 6.87. The third-order valence-corrected chi connectivity index (χ3v) is 3.41. The van der Waals surface area contributed by atoms with Crippen LogP contribution in [-0.2, 0) is 14.8 Å². The van der Waals surface area contributed by atoms with Crippen molar-refractivity contribution in [2.45, 2.75) is 26.2 Å². The summed E-state index contributed by atoms with van der Waals surface area (Å²) >= 11 is 0. The van der Waals surface area contributed by atoms with Crippen molar-refractivity contribution in [1.29, 1.82) is 0 Å². The normalized spacial score (nSPS) is 11.6. The molecule has 0 radical (unpaired) electrons. The monoisotopic (exact) mass is 263 g/mol. The van der Waals surface area contributed by atoms with E-state index in [1.54, 1.807) is 26.0 Å². The van der Waals surface area contributed by atoms with Crippen molar-refractivity contribution in [3.8, 4) is 0 Å². The fourth-order valence-corrected chi connectivity index (χ4v) is 2.19. The predicted molar refractivity (Wildman–Crippen MR) is 56.8 cm³/mol. The molecule has 16 heavy (non-hydrogen) atoms. The Kier molecular flexibility index (Phi) is 6.74. The van der Waals surface area contributed by atoms with Crippen LogP contribution in [0.3, 0.4) is 0 Å².